The van der Waals surface area contributed by atoms with Crippen LogP contribution in [0.2, 0.25) is 0 Å². The van der Waals surface area contributed by atoms with Gasteiger partial charge in [0, 0.05) is 68.2 Å². The molecule has 650 valence electrons. The molecule has 0 heterocycles. The number of para-hydroxylation sites is 6. The molecule has 0 saturated carbocycles. The van der Waals surface area contributed by atoms with Gasteiger partial charge in [-0.2, -0.15) is 0 Å². The molecule has 0 fully saturated rings. The maximum Gasteiger partial charge on any atom is 0.0462 e. The Labute approximate surface area is 806 Å². The molecule has 0 radical (unpaired) electrons. The summed E-state index contributed by atoms with van der Waals surface area (Å²) < 4.78 is 0. The van der Waals surface area contributed by atoms with Gasteiger partial charge in [0.2, 0.25) is 0 Å². The summed E-state index contributed by atoms with van der Waals surface area (Å²) in [7, 11) is 0. The van der Waals surface area contributed by atoms with Gasteiger partial charge in [-0.3, -0.25) is 0 Å². The van der Waals surface area contributed by atoms with Crippen LogP contribution < -0.4 is 19.6 Å². The van der Waals surface area contributed by atoms with Crippen molar-refractivity contribution in [2.75, 3.05) is 19.6 Å². The van der Waals surface area contributed by atoms with Gasteiger partial charge in [0.05, 0.1) is 0 Å². The lowest BCUT2D eigenvalue weighted by atomic mass is 9.85. The zero-order valence-electron chi connectivity index (χ0n) is 76.1. The molecule has 24 aromatic carbocycles. The van der Waals surface area contributed by atoms with E-state index >= 15 is 0 Å². The minimum Gasteiger partial charge on any atom is -0.311 e. The van der Waals surface area contributed by atoms with Gasteiger partial charge in [0.25, 0.3) is 0 Å². The summed E-state index contributed by atoms with van der Waals surface area (Å²) in [4.78, 5) is 9.27. The first-order valence-electron chi connectivity index (χ1n) is 47.3. The second-order valence-corrected chi connectivity index (χ2v) is 34.9. The third-order valence-electron chi connectivity index (χ3n) is 26.7. The summed E-state index contributed by atoms with van der Waals surface area (Å²) >= 11 is 0. The Balaban J connectivity index is 0.000000155. The number of hydrogen-bond acceptors (Lipinski definition) is 4. The fourth-order valence-corrected chi connectivity index (χ4v) is 20.1. The van der Waals surface area contributed by atoms with E-state index in [9.17, 15) is 0 Å². The number of benzene rings is 24. The van der Waals surface area contributed by atoms with E-state index in [0.717, 1.165) is 79.4 Å². The molecule has 24 aromatic rings. The van der Waals surface area contributed by atoms with E-state index in [4.69, 9.17) is 0 Å². The van der Waals surface area contributed by atoms with E-state index in [1.807, 2.05) is 0 Å². The van der Waals surface area contributed by atoms with E-state index in [2.05, 4.69) is 590 Å². The molecule has 0 aliphatic carbocycles. The maximum absolute atomic E-state index is 2.34. The number of anilines is 12. The molecule has 0 bridgehead atoms. The molecule has 0 amide bonds. The lowest BCUT2D eigenvalue weighted by Gasteiger charge is -2.26. The lowest BCUT2D eigenvalue weighted by molar-refractivity contribution is 1.28. The highest BCUT2D eigenvalue weighted by Gasteiger charge is 2.24. The fourth-order valence-electron chi connectivity index (χ4n) is 20.1. The predicted octanol–water partition coefficient (Wildman–Crippen LogP) is 38.0. The molecule has 138 heavy (non-hydrogen) atoms. The fraction of sp³-hybridized carbons (Fsp3) is 0. The summed E-state index contributed by atoms with van der Waals surface area (Å²) in [6, 6.07) is 206. The van der Waals surface area contributed by atoms with Crippen molar-refractivity contribution in [1.82, 2.24) is 0 Å². The summed E-state index contributed by atoms with van der Waals surface area (Å²) in [6.45, 7) is 0. The average molecular weight is 1760 g/mol. The first kappa shape index (κ1) is 84.1. The standard InChI is InChI=1S/C68H48N2.C66H46N2/c1-5-17-49(18-6-1)50-29-31-51(32-30-50)52-33-35-55(36-34-52)67-63-25-13-15-27-65(63)68(66-28-16-14-26-64(66)67)56-41-47-62(48-42-56)70(59-23-11-4-12-24-59)61-45-39-54(40-46-61)53-37-43-60(44-38-53)69(57-19-7-2-8-20-57)58-21-9-3-10-22-58;1-4-19-53(20-5-1)67(54-21-6-2-7-22-54)56-41-35-47(36-42-56)48-37-43-57(44-38-48)68(55-23-8-3-9-24-55)58-45-39-52(40-46-58)66-63-28-14-12-26-61(63)65(62-27-13-15-29-64(62)66)51-33-31-50(32-34-51)60-30-16-18-49-17-10-11-25-59(49)60/h1-48H;1-46H. The topological polar surface area (TPSA) is 13.0 Å². The molecule has 0 aromatic heterocycles. The Kier molecular flexibility index (Phi) is 23.3. The van der Waals surface area contributed by atoms with Gasteiger partial charge >= 0.3 is 0 Å². The molecule has 0 saturated heterocycles. The van der Waals surface area contributed by atoms with Crippen LogP contribution in [0.25, 0.3) is 154 Å². The lowest BCUT2D eigenvalue weighted by Crippen LogP contribution is -2.09. The molecule has 0 atom stereocenters. The van der Waals surface area contributed by atoms with Crippen LogP contribution in [0.5, 0.6) is 0 Å². The van der Waals surface area contributed by atoms with E-state index in [-0.39, 0.29) is 0 Å². The van der Waals surface area contributed by atoms with E-state index in [0.29, 0.717) is 0 Å². The van der Waals surface area contributed by atoms with Gasteiger partial charge in [-0.1, -0.05) is 425 Å². The third-order valence-corrected chi connectivity index (χ3v) is 26.7. The van der Waals surface area contributed by atoms with Crippen LogP contribution >= 0.6 is 0 Å². The molecule has 0 N–H and O–H groups in total. The Morgan fingerprint density at radius 2 is 0.232 bits per heavy atom. The Morgan fingerprint density at radius 1 is 0.0870 bits per heavy atom. The van der Waals surface area contributed by atoms with Crippen molar-refractivity contribution in [2.24, 2.45) is 0 Å². The maximum atomic E-state index is 2.34. The van der Waals surface area contributed by atoms with Crippen molar-refractivity contribution < 1.29 is 0 Å². The normalized spacial score (nSPS) is 11.2. The first-order chi connectivity index (χ1) is 68.5. The zero-order valence-corrected chi connectivity index (χ0v) is 76.1. The van der Waals surface area contributed by atoms with Crippen LogP contribution in [0.3, 0.4) is 0 Å². The first-order valence-corrected chi connectivity index (χ1v) is 47.3. The average Bonchev–Trinajstić information content (AvgIpc) is 0.735. The van der Waals surface area contributed by atoms with Crippen molar-refractivity contribution in [1.29, 1.82) is 0 Å². The van der Waals surface area contributed by atoms with Gasteiger partial charge < -0.3 is 19.6 Å². The molecule has 24 rings (SSSR count). The highest BCUT2D eigenvalue weighted by atomic mass is 15.2. The molecule has 0 spiro atoms. The second kappa shape index (κ2) is 38.2. The molecule has 0 aliphatic heterocycles. The van der Waals surface area contributed by atoms with E-state index in [1.54, 1.807) is 0 Å². The molecular weight excluding hydrogens is 1670 g/mol. The van der Waals surface area contributed by atoms with Gasteiger partial charge in [0.1, 0.15) is 0 Å². The number of fused-ring (bicyclic) bond motifs is 5. The third kappa shape index (κ3) is 16.8. The van der Waals surface area contributed by atoms with Gasteiger partial charge in [-0.25, -0.2) is 0 Å². The van der Waals surface area contributed by atoms with Crippen LogP contribution in [0.15, 0.2) is 570 Å². The van der Waals surface area contributed by atoms with Crippen LogP contribution in [0.1, 0.15) is 0 Å². The zero-order chi connectivity index (χ0) is 91.9. The highest BCUT2D eigenvalue weighted by molar-refractivity contribution is 6.23. The van der Waals surface area contributed by atoms with Crippen molar-refractivity contribution >= 4 is 122 Å². The van der Waals surface area contributed by atoms with Crippen molar-refractivity contribution in [3.8, 4) is 100 Å². The molecule has 0 aliphatic rings. The Hall–Kier alpha value is -18.2. The predicted molar refractivity (Wildman–Crippen MR) is 588 cm³/mol. The largest absolute Gasteiger partial charge is 0.311 e. The minimum absolute atomic E-state index is 1.09. The van der Waals surface area contributed by atoms with Crippen LogP contribution in [0.4, 0.5) is 68.2 Å². The summed E-state index contributed by atoms with van der Waals surface area (Å²) in [5, 5.41) is 12.4. The molecule has 4 nitrogen and oxygen atoms in total. The molecule has 4 heteroatoms. The monoisotopic (exact) mass is 1760 g/mol. The summed E-state index contributed by atoms with van der Waals surface area (Å²) in [6.07, 6.45) is 0. The number of rotatable bonds is 21. The molecule has 0 unspecified atom stereocenters. The Bertz CT molecular complexity index is 8170. The second-order valence-electron chi connectivity index (χ2n) is 34.9. The number of hydrogen-bond donors (Lipinski definition) is 0. The molecular formula is C134H94N4. The van der Waals surface area contributed by atoms with Crippen LogP contribution in [0, 0.1) is 0 Å². The smallest absolute Gasteiger partial charge is 0.0462 e. The highest BCUT2D eigenvalue weighted by Crippen LogP contribution is 2.50. The van der Waals surface area contributed by atoms with Crippen molar-refractivity contribution in [3.05, 3.63) is 570 Å². The minimum atomic E-state index is 1.09. The summed E-state index contributed by atoms with van der Waals surface area (Å²) in [5.41, 5.74) is 35.1. The van der Waals surface area contributed by atoms with Gasteiger partial charge in [-0.15, -0.1) is 0 Å². The van der Waals surface area contributed by atoms with E-state index in [1.165, 1.54) is 143 Å². The van der Waals surface area contributed by atoms with Gasteiger partial charge in [-0.05, 0) is 300 Å². The summed E-state index contributed by atoms with van der Waals surface area (Å²) in [5.74, 6) is 0. The SMILES string of the molecule is c1ccc(-c2ccc(-c3ccc(-c4c5ccccc5c(-c5ccc(N(c6ccccc6)c6ccc(-c7ccc(N(c8ccccc8)c8ccccc8)cc7)cc6)cc5)c5ccccc45)cc3)cc2)cc1.c1ccc(N(c2ccccc2)c2ccc(-c3ccc(N(c4ccccc4)c4ccc(-c5c6ccccc6c(-c6ccc(-c7cccc8ccccc78)cc6)c6ccccc56)cc4)cc3)cc2)cc1. The van der Waals surface area contributed by atoms with Crippen LogP contribution in [-0.2, 0) is 0 Å². The Morgan fingerprint density at radius 3 is 0.457 bits per heavy atom. The van der Waals surface area contributed by atoms with Crippen LogP contribution in [-0.4, -0.2) is 0 Å². The number of nitrogens with zero attached hydrogens (tertiary/aromatic N) is 4. The van der Waals surface area contributed by atoms with E-state index < -0.39 is 0 Å². The van der Waals surface area contributed by atoms with Crippen molar-refractivity contribution in [2.45, 2.75) is 0 Å². The quantitative estimate of drug-likeness (QED) is 0.0665. The van der Waals surface area contributed by atoms with Crippen molar-refractivity contribution in [3.63, 3.8) is 0 Å². The van der Waals surface area contributed by atoms with Gasteiger partial charge in [0.15, 0.2) is 0 Å².